The number of thiophene rings is 1. The van der Waals surface area contributed by atoms with Gasteiger partial charge in [0.25, 0.3) is 0 Å². The molecule has 2 nitrogen and oxygen atoms in total. The Morgan fingerprint density at radius 2 is 1.95 bits per heavy atom. The van der Waals surface area contributed by atoms with Gasteiger partial charge in [-0.05, 0) is 18.4 Å². The first-order chi connectivity index (χ1) is 9.31. The van der Waals surface area contributed by atoms with Crippen LogP contribution in [-0.4, -0.2) is 11.2 Å². The maximum absolute atomic E-state index is 4.53. The van der Waals surface area contributed by atoms with E-state index in [1.54, 1.807) is 22.7 Å². The van der Waals surface area contributed by atoms with Crippen molar-refractivity contribution < 1.29 is 0 Å². The van der Waals surface area contributed by atoms with Gasteiger partial charge in [-0.1, -0.05) is 35.9 Å². The number of nitrogens with zero attached hydrogens (tertiary/aromatic N) is 2. The van der Waals surface area contributed by atoms with Crippen molar-refractivity contribution in [3.8, 4) is 11.3 Å². The fraction of sp³-hybridized carbons (Fsp3) is 0.0667. The molecule has 4 heteroatoms. The summed E-state index contributed by atoms with van der Waals surface area (Å²) < 4.78 is 0. The minimum Gasteiger partial charge on any atom is -0.226 e. The number of aryl methyl sites for hydroxylation is 1. The highest BCUT2D eigenvalue weighted by molar-refractivity contribution is 7.14. The van der Waals surface area contributed by atoms with Crippen LogP contribution in [0.5, 0.6) is 0 Å². The summed E-state index contributed by atoms with van der Waals surface area (Å²) in [4.78, 5) is 10.1. The Labute approximate surface area is 120 Å². The molecular formula is C15H12N2S2. The van der Waals surface area contributed by atoms with Gasteiger partial charge in [0.2, 0.25) is 5.13 Å². The smallest absolute Gasteiger partial charge is 0.209 e. The van der Waals surface area contributed by atoms with E-state index in [1.165, 1.54) is 5.56 Å². The van der Waals surface area contributed by atoms with Crippen molar-refractivity contribution in [1.29, 1.82) is 0 Å². The molecule has 0 unspecified atom stereocenters. The first-order valence-electron chi connectivity index (χ1n) is 5.91. The van der Waals surface area contributed by atoms with E-state index < -0.39 is 0 Å². The number of aromatic nitrogens is 1. The van der Waals surface area contributed by atoms with Crippen molar-refractivity contribution in [1.82, 2.24) is 4.98 Å². The Balaban J connectivity index is 1.81. The standard InChI is InChI=1S/C15H12N2S2/c1-11-4-6-12(7-5-11)14-10-19-15(17-14)16-9-13-3-2-8-18-13/h2-10H,1H3/b16-9+. The van der Waals surface area contributed by atoms with Crippen molar-refractivity contribution >= 4 is 34.0 Å². The molecule has 2 aromatic heterocycles. The van der Waals surface area contributed by atoms with Crippen molar-refractivity contribution in [2.45, 2.75) is 6.92 Å². The van der Waals surface area contributed by atoms with Gasteiger partial charge in [0.15, 0.2) is 0 Å². The number of rotatable bonds is 3. The average molecular weight is 284 g/mol. The predicted molar refractivity (Wildman–Crippen MR) is 83.9 cm³/mol. The summed E-state index contributed by atoms with van der Waals surface area (Å²) in [5.41, 5.74) is 3.39. The Bertz CT molecular complexity index is 679. The summed E-state index contributed by atoms with van der Waals surface area (Å²) in [6.07, 6.45) is 1.86. The lowest BCUT2D eigenvalue weighted by Gasteiger charge is -1.96. The molecule has 3 aromatic rings. The summed E-state index contributed by atoms with van der Waals surface area (Å²) >= 11 is 3.24. The SMILES string of the molecule is Cc1ccc(-c2csc(/N=C/c3cccs3)n2)cc1. The van der Waals surface area contributed by atoms with Crippen molar-refractivity contribution in [3.05, 3.63) is 57.6 Å². The second-order valence-corrected chi connectivity index (χ2v) is 5.97. The highest BCUT2D eigenvalue weighted by Gasteiger charge is 2.03. The molecule has 0 fully saturated rings. The van der Waals surface area contributed by atoms with E-state index in [9.17, 15) is 0 Å². The van der Waals surface area contributed by atoms with Crippen LogP contribution in [0.15, 0.2) is 52.2 Å². The van der Waals surface area contributed by atoms with E-state index >= 15 is 0 Å². The largest absolute Gasteiger partial charge is 0.226 e. The molecule has 0 saturated heterocycles. The molecule has 0 spiro atoms. The zero-order valence-corrected chi connectivity index (χ0v) is 12.0. The Morgan fingerprint density at radius 3 is 2.68 bits per heavy atom. The number of aliphatic imine (C=N–C) groups is 1. The van der Waals surface area contributed by atoms with E-state index in [0.717, 1.165) is 21.3 Å². The van der Waals surface area contributed by atoms with Gasteiger partial charge in [0, 0.05) is 22.0 Å². The zero-order valence-electron chi connectivity index (χ0n) is 10.4. The van der Waals surface area contributed by atoms with Crippen LogP contribution in [0.2, 0.25) is 0 Å². The molecule has 0 saturated carbocycles. The molecule has 1 aromatic carbocycles. The quantitative estimate of drug-likeness (QED) is 0.626. The third kappa shape index (κ3) is 2.97. The van der Waals surface area contributed by atoms with E-state index in [-0.39, 0.29) is 0 Å². The van der Waals surface area contributed by atoms with Crippen LogP contribution in [0.3, 0.4) is 0 Å². The maximum atomic E-state index is 4.53. The molecule has 19 heavy (non-hydrogen) atoms. The normalized spacial score (nSPS) is 11.2. The second kappa shape index (κ2) is 5.47. The van der Waals surface area contributed by atoms with Gasteiger partial charge >= 0.3 is 0 Å². The average Bonchev–Trinajstić information content (AvgIpc) is 3.09. The summed E-state index contributed by atoms with van der Waals surface area (Å²) in [5.74, 6) is 0. The van der Waals surface area contributed by atoms with E-state index in [2.05, 4.69) is 41.2 Å². The lowest BCUT2D eigenvalue weighted by molar-refractivity contribution is 1.35. The van der Waals surface area contributed by atoms with Crippen LogP contribution in [0.4, 0.5) is 5.13 Å². The molecule has 0 aliphatic heterocycles. The third-order valence-electron chi connectivity index (χ3n) is 2.68. The third-order valence-corrected chi connectivity index (χ3v) is 4.24. The maximum Gasteiger partial charge on any atom is 0.209 e. The minimum atomic E-state index is 0.795. The lowest BCUT2D eigenvalue weighted by atomic mass is 10.1. The van der Waals surface area contributed by atoms with Crippen LogP contribution < -0.4 is 0 Å². The topological polar surface area (TPSA) is 25.2 Å². The molecule has 3 rings (SSSR count). The van der Waals surface area contributed by atoms with E-state index in [0.29, 0.717) is 0 Å². The first-order valence-corrected chi connectivity index (χ1v) is 7.67. The zero-order chi connectivity index (χ0) is 13.1. The number of hydrogen-bond acceptors (Lipinski definition) is 4. The highest BCUT2D eigenvalue weighted by Crippen LogP contribution is 2.26. The van der Waals surface area contributed by atoms with Crippen molar-refractivity contribution in [2.24, 2.45) is 4.99 Å². The van der Waals surface area contributed by atoms with Crippen molar-refractivity contribution in [3.63, 3.8) is 0 Å². The van der Waals surface area contributed by atoms with Crippen molar-refractivity contribution in [2.75, 3.05) is 0 Å². The fourth-order valence-electron chi connectivity index (χ4n) is 1.66. The van der Waals surface area contributed by atoms with Gasteiger partial charge in [0.1, 0.15) is 0 Å². The number of thiazole rings is 1. The number of benzene rings is 1. The Hall–Kier alpha value is -1.78. The molecule has 0 bridgehead atoms. The summed E-state index contributed by atoms with van der Waals surface area (Å²) in [6.45, 7) is 2.08. The molecule has 0 aliphatic carbocycles. The predicted octanol–water partition coefficient (Wildman–Crippen LogP) is 4.93. The molecule has 0 N–H and O–H groups in total. The minimum absolute atomic E-state index is 0.795. The van der Waals surface area contributed by atoms with Crippen LogP contribution in [-0.2, 0) is 0 Å². The van der Waals surface area contributed by atoms with Gasteiger partial charge in [-0.3, -0.25) is 0 Å². The fourth-order valence-corrected chi connectivity index (χ4v) is 2.92. The molecule has 0 amide bonds. The van der Waals surface area contributed by atoms with Gasteiger partial charge in [-0.15, -0.1) is 22.7 Å². The summed E-state index contributed by atoms with van der Waals surface area (Å²) in [5, 5.41) is 4.89. The first kappa shape index (κ1) is 12.3. The second-order valence-electron chi connectivity index (χ2n) is 4.15. The molecule has 2 heterocycles. The monoisotopic (exact) mass is 284 g/mol. The number of hydrogen-bond donors (Lipinski definition) is 0. The lowest BCUT2D eigenvalue weighted by Crippen LogP contribution is -1.78. The highest BCUT2D eigenvalue weighted by atomic mass is 32.1. The van der Waals surface area contributed by atoms with Gasteiger partial charge in [0.05, 0.1) is 5.69 Å². The Kier molecular flexibility index (Phi) is 3.53. The molecular weight excluding hydrogens is 272 g/mol. The molecule has 0 radical (unpaired) electrons. The Morgan fingerprint density at radius 1 is 1.11 bits per heavy atom. The van der Waals surface area contributed by atoms with Gasteiger partial charge in [-0.2, -0.15) is 0 Å². The van der Waals surface area contributed by atoms with Gasteiger partial charge in [-0.25, -0.2) is 9.98 Å². The van der Waals surface area contributed by atoms with Crippen LogP contribution >= 0.6 is 22.7 Å². The molecule has 0 atom stereocenters. The molecule has 94 valence electrons. The summed E-state index contributed by atoms with van der Waals surface area (Å²) in [6, 6.07) is 12.5. The molecule has 0 aliphatic rings. The van der Waals surface area contributed by atoms with E-state index in [1.807, 2.05) is 29.1 Å². The van der Waals surface area contributed by atoms with Crippen LogP contribution in [0.25, 0.3) is 11.3 Å². The van der Waals surface area contributed by atoms with Crippen LogP contribution in [0, 0.1) is 6.92 Å². The van der Waals surface area contributed by atoms with Crippen LogP contribution in [0.1, 0.15) is 10.4 Å². The van der Waals surface area contributed by atoms with Gasteiger partial charge < -0.3 is 0 Å². The van der Waals surface area contributed by atoms with E-state index in [4.69, 9.17) is 0 Å². The summed E-state index contributed by atoms with van der Waals surface area (Å²) in [7, 11) is 0.